The predicted octanol–water partition coefficient (Wildman–Crippen LogP) is 4.80. The fourth-order valence-electron chi connectivity index (χ4n) is 2.84. The van der Waals surface area contributed by atoms with Crippen LogP contribution in [0.3, 0.4) is 0 Å². The Morgan fingerprint density at radius 1 is 1.11 bits per heavy atom. The van der Waals surface area contributed by atoms with Crippen LogP contribution in [0.1, 0.15) is 37.4 Å². The van der Waals surface area contributed by atoms with Crippen LogP contribution >= 0.6 is 22.7 Å². The van der Waals surface area contributed by atoms with E-state index in [1.165, 1.54) is 24.3 Å². The normalized spacial score (nSPS) is 11.4. The van der Waals surface area contributed by atoms with Gasteiger partial charge in [-0.25, -0.2) is 13.2 Å². The zero-order valence-corrected chi connectivity index (χ0v) is 17.7. The van der Waals surface area contributed by atoms with Crippen molar-refractivity contribution in [2.45, 2.75) is 25.7 Å². The summed E-state index contributed by atoms with van der Waals surface area (Å²) in [5.74, 6) is -1.31. The SMILES string of the molecule is CC(=O)c1cc(-c2cc(NS(=O)(=O)c3c(C)cccc3C)c(C(=O)O)s2)cs1. The summed E-state index contributed by atoms with van der Waals surface area (Å²) in [7, 11) is -3.97. The smallest absolute Gasteiger partial charge is 0.348 e. The third-order valence-electron chi connectivity index (χ3n) is 4.08. The van der Waals surface area contributed by atoms with Gasteiger partial charge in [0.25, 0.3) is 10.0 Å². The van der Waals surface area contributed by atoms with Gasteiger partial charge in [-0.1, -0.05) is 18.2 Å². The molecular weight excluding hydrogens is 418 g/mol. The molecule has 0 atom stereocenters. The van der Waals surface area contributed by atoms with Gasteiger partial charge >= 0.3 is 5.97 Å². The Balaban J connectivity index is 2.05. The van der Waals surface area contributed by atoms with Gasteiger partial charge in [-0.05, 0) is 44.0 Å². The van der Waals surface area contributed by atoms with Crippen LogP contribution in [0.2, 0.25) is 0 Å². The number of carboxylic acid groups (broad SMARTS) is 1. The molecule has 0 unspecified atom stereocenters. The lowest BCUT2D eigenvalue weighted by molar-refractivity contribution is 0.0703. The monoisotopic (exact) mass is 435 g/mol. The molecule has 2 aromatic heterocycles. The molecule has 2 heterocycles. The van der Waals surface area contributed by atoms with E-state index in [-0.39, 0.29) is 21.2 Å². The quantitative estimate of drug-likeness (QED) is 0.542. The maximum absolute atomic E-state index is 12.9. The number of anilines is 1. The lowest BCUT2D eigenvalue weighted by Gasteiger charge is -2.12. The first-order valence-corrected chi connectivity index (χ1v) is 11.3. The maximum Gasteiger partial charge on any atom is 0.348 e. The highest BCUT2D eigenvalue weighted by molar-refractivity contribution is 7.92. The van der Waals surface area contributed by atoms with E-state index in [4.69, 9.17) is 0 Å². The summed E-state index contributed by atoms with van der Waals surface area (Å²) in [5, 5.41) is 11.3. The lowest BCUT2D eigenvalue weighted by atomic mass is 10.2. The van der Waals surface area contributed by atoms with E-state index in [1.807, 2.05) is 0 Å². The molecule has 9 heteroatoms. The van der Waals surface area contributed by atoms with Crippen LogP contribution in [0.25, 0.3) is 10.4 Å². The van der Waals surface area contributed by atoms with E-state index in [2.05, 4.69) is 4.72 Å². The van der Waals surface area contributed by atoms with Crippen molar-refractivity contribution in [1.29, 1.82) is 0 Å². The topological polar surface area (TPSA) is 101 Å². The van der Waals surface area contributed by atoms with Gasteiger partial charge in [0.1, 0.15) is 4.88 Å². The standard InChI is InChI=1S/C19H17NO5S3/c1-10-5-4-6-11(2)18(10)28(24,25)20-14-8-16(27-17(14)19(22)23)13-7-15(12(3)21)26-9-13/h4-9,20H,1-3H3,(H,22,23). The predicted molar refractivity (Wildman–Crippen MR) is 111 cm³/mol. The van der Waals surface area contributed by atoms with Crippen molar-refractivity contribution in [1.82, 2.24) is 0 Å². The Kier molecular flexibility index (Phi) is 5.42. The summed E-state index contributed by atoms with van der Waals surface area (Å²) in [4.78, 5) is 24.3. The lowest BCUT2D eigenvalue weighted by Crippen LogP contribution is -2.16. The van der Waals surface area contributed by atoms with Gasteiger partial charge in [-0.2, -0.15) is 0 Å². The number of carbonyl (C=O) groups is 2. The molecule has 0 saturated carbocycles. The van der Waals surface area contributed by atoms with E-state index < -0.39 is 16.0 Å². The number of Topliss-reactive ketones (excluding diaryl/α,β-unsaturated/α-hetero) is 1. The van der Waals surface area contributed by atoms with E-state index in [0.717, 1.165) is 11.3 Å². The molecule has 3 aromatic rings. The first kappa shape index (κ1) is 20.2. The Morgan fingerprint density at radius 2 is 1.75 bits per heavy atom. The van der Waals surface area contributed by atoms with Crippen LogP contribution in [0.4, 0.5) is 5.69 Å². The van der Waals surface area contributed by atoms with Crippen molar-refractivity contribution < 1.29 is 23.1 Å². The van der Waals surface area contributed by atoms with E-state index in [0.29, 0.717) is 26.4 Å². The fraction of sp³-hybridized carbons (Fsp3) is 0.158. The molecule has 0 saturated heterocycles. The minimum Gasteiger partial charge on any atom is -0.477 e. The van der Waals surface area contributed by atoms with Gasteiger partial charge in [0.05, 0.1) is 15.5 Å². The summed E-state index contributed by atoms with van der Waals surface area (Å²) < 4.78 is 28.3. The van der Waals surface area contributed by atoms with Crippen LogP contribution in [-0.2, 0) is 10.0 Å². The number of carboxylic acids is 1. The molecular formula is C19H17NO5S3. The molecule has 146 valence electrons. The minimum atomic E-state index is -3.97. The number of carbonyl (C=O) groups excluding carboxylic acids is 1. The van der Waals surface area contributed by atoms with Crippen molar-refractivity contribution in [3.05, 3.63) is 56.6 Å². The molecule has 0 aliphatic heterocycles. The Bertz CT molecular complexity index is 1170. The second kappa shape index (κ2) is 7.50. The average Bonchev–Trinajstić information content (AvgIpc) is 3.20. The van der Waals surface area contributed by atoms with Crippen molar-refractivity contribution >= 4 is 50.1 Å². The van der Waals surface area contributed by atoms with Crippen LogP contribution in [0.5, 0.6) is 0 Å². The second-order valence-corrected chi connectivity index (χ2v) is 9.82. The largest absolute Gasteiger partial charge is 0.477 e. The van der Waals surface area contributed by atoms with E-state index in [9.17, 15) is 23.1 Å². The van der Waals surface area contributed by atoms with Crippen molar-refractivity contribution in [3.8, 4) is 10.4 Å². The fourth-order valence-corrected chi connectivity index (χ4v) is 6.26. The van der Waals surface area contributed by atoms with Gasteiger partial charge < -0.3 is 5.11 Å². The summed E-state index contributed by atoms with van der Waals surface area (Å²) >= 11 is 2.22. The van der Waals surface area contributed by atoms with Crippen LogP contribution in [0, 0.1) is 13.8 Å². The molecule has 3 rings (SSSR count). The number of aryl methyl sites for hydroxylation is 2. The number of hydrogen-bond acceptors (Lipinski definition) is 6. The first-order valence-electron chi connectivity index (χ1n) is 8.16. The summed E-state index contributed by atoms with van der Waals surface area (Å²) in [6.45, 7) is 4.83. The number of hydrogen-bond donors (Lipinski definition) is 2. The average molecular weight is 436 g/mol. The van der Waals surface area contributed by atoms with Crippen LogP contribution in [-0.4, -0.2) is 25.3 Å². The molecule has 0 amide bonds. The van der Waals surface area contributed by atoms with Gasteiger partial charge in [0, 0.05) is 15.8 Å². The van der Waals surface area contributed by atoms with Crippen LogP contribution < -0.4 is 4.72 Å². The number of ketones is 1. The number of thiophene rings is 2. The van der Waals surface area contributed by atoms with Crippen molar-refractivity contribution in [2.24, 2.45) is 0 Å². The Morgan fingerprint density at radius 3 is 2.29 bits per heavy atom. The van der Waals surface area contributed by atoms with Crippen molar-refractivity contribution in [2.75, 3.05) is 4.72 Å². The van der Waals surface area contributed by atoms with Crippen LogP contribution in [0.15, 0.2) is 40.6 Å². The number of nitrogens with one attached hydrogen (secondary N) is 1. The maximum atomic E-state index is 12.9. The highest BCUT2D eigenvalue weighted by atomic mass is 32.2. The molecule has 2 N–H and O–H groups in total. The molecule has 0 fully saturated rings. The molecule has 1 aromatic carbocycles. The third-order valence-corrected chi connectivity index (χ3v) is 7.95. The number of aromatic carboxylic acids is 1. The molecule has 0 aliphatic carbocycles. The van der Waals surface area contributed by atoms with Gasteiger partial charge in [-0.15, -0.1) is 22.7 Å². The molecule has 0 spiro atoms. The number of benzene rings is 1. The summed E-state index contributed by atoms with van der Waals surface area (Å²) in [6.07, 6.45) is 0. The minimum absolute atomic E-state index is 0.00530. The van der Waals surface area contributed by atoms with E-state index >= 15 is 0 Å². The highest BCUT2D eigenvalue weighted by Gasteiger charge is 2.24. The Labute approximate surface area is 170 Å². The molecule has 0 radical (unpaired) electrons. The van der Waals surface area contributed by atoms with Gasteiger partial charge in [0.15, 0.2) is 5.78 Å². The number of sulfonamides is 1. The molecule has 28 heavy (non-hydrogen) atoms. The zero-order chi connectivity index (χ0) is 20.6. The molecule has 0 aliphatic rings. The van der Waals surface area contributed by atoms with Gasteiger partial charge in [0.2, 0.25) is 0 Å². The summed E-state index contributed by atoms with van der Waals surface area (Å²) in [5.41, 5.74) is 1.83. The molecule has 6 nitrogen and oxygen atoms in total. The third kappa shape index (κ3) is 3.87. The molecule has 0 bridgehead atoms. The second-order valence-electron chi connectivity index (χ2n) is 6.24. The van der Waals surface area contributed by atoms with Crippen molar-refractivity contribution in [3.63, 3.8) is 0 Å². The highest BCUT2D eigenvalue weighted by Crippen LogP contribution is 2.38. The first-order chi connectivity index (χ1) is 13.1. The number of rotatable bonds is 6. The van der Waals surface area contributed by atoms with E-state index in [1.54, 1.807) is 43.5 Å². The summed E-state index contributed by atoms with van der Waals surface area (Å²) in [6, 6.07) is 8.30. The van der Waals surface area contributed by atoms with Gasteiger partial charge in [-0.3, -0.25) is 9.52 Å². The Hall–Kier alpha value is -2.49. The zero-order valence-electron chi connectivity index (χ0n) is 15.3.